The van der Waals surface area contributed by atoms with Crippen LogP contribution in [0, 0.1) is 0 Å². The Balaban J connectivity index is 1.21. The molecule has 11 rings (SSSR count). The third-order valence-corrected chi connectivity index (χ3v) is 14.1. The number of thiophene rings is 1. The third kappa shape index (κ3) is 6.62. The molecule has 11 aromatic rings. The van der Waals surface area contributed by atoms with Crippen LogP contribution in [0.15, 0.2) is 194 Å². The lowest BCUT2D eigenvalue weighted by Crippen LogP contribution is -2.16. The molecule has 0 saturated heterocycles. The van der Waals surface area contributed by atoms with Crippen molar-refractivity contribution in [1.82, 2.24) is 4.57 Å². The first-order chi connectivity index (χ1) is 30.5. The van der Waals surface area contributed by atoms with Gasteiger partial charge < -0.3 is 9.47 Å². The van der Waals surface area contributed by atoms with Crippen molar-refractivity contribution in [3.05, 3.63) is 205 Å². The van der Waals surface area contributed by atoms with Gasteiger partial charge in [0.2, 0.25) is 0 Å². The summed E-state index contributed by atoms with van der Waals surface area (Å²) in [6.07, 6.45) is 0. The van der Waals surface area contributed by atoms with Crippen molar-refractivity contribution in [1.29, 1.82) is 0 Å². The Morgan fingerprint density at radius 3 is 1.78 bits per heavy atom. The minimum absolute atomic E-state index is 0.00252. The predicted octanol–water partition coefficient (Wildman–Crippen LogP) is 17.7. The highest BCUT2D eigenvalue weighted by Gasteiger charge is 2.25. The first-order valence-corrected chi connectivity index (χ1v) is 22.9. The fourth-order valence-corrected chi connectivity index (χ4v) is 10.8. The maximum atomic E-state index is 2.53. The van der Waals surface area contributed by atoms with Gasteiger partial charge in [0.15, 0.2) is 0 Å². The molecule has 63 heavy (non-hydrogen) atoms. The van der Waals surface area contributed by atoms with Crippen LogP contribution in [0.4, 0.5) is 17.1 Å². The van der Waals surface area contributed by atoms with E-state index in [2.05, 4.69) is 245 Å². The summed E-state index contributed by atoms with van der Waals surface area (Å²) in [5, 5.41) is 7.53. The topological polar surface area (TPSA) is 8.17 Å². The van der Waals surface area contributed by atoms with Gasteiger partial charge in [0.05, 0.1) is 27.1 Å². The van der Waals surface area contributed by atoms with Gasteiger partial charge in [-0.2, -0.15) is 0 Å². The van der Waals surface area contributed by atoms with Gasteiger partial charge in [0.1, 0.15) is 0 Å². The number of benzene rings is 9. The van der Waals surface area contributed by atoms with E-state index in [4.69, 9.17) is 0 Å². The summed E-state index contributed by atoms with van der Waals surface area (Å²) in [7, 11) is 0. The van der Waals surface area contributed by atoms with Crippen LogP contribution in [0.5, 0.6) is 0 Å². The van der Waals surface area contributed by atoms with E-state index in [-0.39, 0.29) is 10.8 Å². The summed E-state index contributed by atoms with van der Waals surface area (Å²) < 4.78 is 4.98. The zero-order valence-electron chi connectivity index (χ0n) is 36.8. The van der Waals surface area contributed by atoms with Gasteiger partial charge in [-0.1, -0.05) is 187 Å². The summed E-state index contributed by atoms with van der Waals surface area (Å²) in [5.41, 5.74) is 14.5. The summed E-state index contributed by atoms with van der Waals surface area (Å²) in [4.78, 5) is 2.53. The fraction of sp³-hybridized carbons (Fsp3) is 0.133. The van der Waals surface area contributed by atoms with Crippen molar-refractivity contribution in [3.8, 4) is 27.9 Å². The second-order valence-corrected chi connectivity index (χ2v) is 20.1. The Morgan fingerprint density at radius 1 is 0.429 bits per heavy atom. The first-order valence-electron chi connectivity index (χ1n) is 22.1. The van der Waals surface area contributed by atoms with E-state index in [0.29, 0.717) is 0 Å². The summed E-state index contributed by atoms with van der Waals surface area (Å²) >= 11 is 1.88. The molecule has 0 aliphatic heterocycles. The largest absolute Gasteiger partial charge is 0.309 e. The lowest BCUT2D eigenvalue weighted by molar-refractivity contribution is 0.569. The van der Waals surface area contributed by atoms with Crippen LogP contribution in [0.2, 0.25) is 0 Å². The normalized spacial score (nSPS) is 12.3. The van der Waals surface area contributed by atoms with E-state index in [9.17, 15) is 0 Å². The molecule has 0 spiro atoms. The number of anilines is 3. The lowest BCUT2D eigenvalue weighted by Gasteiger charge is -2.29. The van der Waals surface area contributed by atoms with Crippen LogP contribution in [-0.4, -0.2) is 4.57 Å². The van der Waals surface area contributed by atoms with Crippen molar-refractivity contribution in [2.24, 2.45) is 0 Å². The van der Waals surface area contributed by atoms with Gasteiger partial charge in [-0.05, 0) is 98.0 Å². The van der Waals surface area contributed by atoms with E-state index >= 15 is 0 Å². The van der Waals surface area contributed by atoms with Crippen molar-refractivity contribution < 1.29 is 0 Å². The van der Waals surface area contributed by atoms with Gasteiger partial charge in [-0.15, -0.1) is 11.3 Å². The molecule has 9 aromatic carbocycles. The van der Waals surface area contributed by atoms with Crippen LogP contribution < -0.4 is 4.90 Å². The lowest BCUT2D eigenvalue weighted by atomic mass is 9.78. The van der Waals surface area contributed by atoms with Gasteiger partial charge in [0, 0.05) is 43.2 Å². The number of para-hydroxylation sites is 3. The second-order valence-electron chi connectivity index (χ2n) is 19.0. The number of hydrogen-bond acceptors (Lipinski definition) is 2. The van der Waals surface area contributed by atoms with Crippen molar-refractivity contribution in [2.45, 2.75) is 52.4 Å². The van der Waals surface area contributed by atoms with Crippen molar-refractivity contribution >= 4 is 81.1 Å². The Bertz CT molecular complexity index is 3500. The minimum Gasteiger partial charge on any atom is -0.309 e. The summed E-state index contributed by atoms with van der Waals surface area (Å²) in [5.74, 6) is 0. The first kappa shape index (κ1) is 38.9. The van der Waals surface area contributed by atoms with Crippen LogP contribution in [0.3, 0.4) is 0 Å². The maximum Gasteiger partial charge on any atom is 0.0640 e. The molecule has 0 atom stereocenters. The molecule has 0 N–H and O–H groups in total. The maximum absolute atomic E-state index is 2.53. The van der Waals surface area contributed by atoms with Gasteiger partial charge in [-0.3, -0.25) is 0 Å². The van der Waals surface area contributed by atoms with E-state index in [1.807, 2.05) is 11.3 Å². The Labute approximate surface area is 374 Å². The average Bonchev–Trinajstić information content (AvgIpc) is 3.85. The third-order valence-electron chi connectivity index (χ3n) is 12.9. The molecule has 0 aliphatic carbocycles. The number of hydrogen-bond donors (Lipinski definition) is 0. The Morgan fingerprint density at radius 2 is 1.02 bits per heavy atom. The van der Waals surface area contributed by atoms with Crippen molar-refractivity contribution in [3.63, 3.8) is 0 Å². The smallest absolute Gasteiger partial charge is 0.0640 e. The molecule has 0 unspecified atom stereocenters. The highest BCUT2D eigenvalue weighted by molar-refractivity contribution is 7.26. The molecule has 2 heterocycles. The summed E-state index contributed by atoms with van der Waals surface area (Å²) in [6.45, 7) is 14.0. The van der Waals surface area contributed by atoms with Crippen LogP contribution in [-0.2, 0) is 10.8 Å². The highest BCUT2D eigenvalue weighted by atomic mass is 32.1. The molecular weight excluding hydrogens is 781 g/mol. The molecule has 2 nitrogen and oxygen atoms in total. The van der Waals surface area contributed by atoms with E-state index in [1.54, 1.807) is 0 Å². The molecular formula is C60H50N2S. The minimum atomic E-state index is -0.00252. The standard InChI is InChI=1S/C60H50N2S/c1-59(2,3)41-35-40(36-42(37-41)60(4,5)6)45-26-16-19-39-20-17-27-50(57(39)45)47-24-11-14-30-53(47)62(54-31-18-28-51-49-25-12-15-32-56(49)63-58(51)54)44-33-34-48-46-23-10-13-29-52(46)61(55(48)38-44)43-21-8-7-9-22-43/h7-38H,1-6H3. The predicted molar refractivity (Wildman–Crippen MR) is 274 cm³/mol. The molecule has 0 amide bonds. The molecule has 0 aliphatic rings. The molecule has 0 radical (unpaired) electrons. The molecule has 0 fully saturated rings. The second kappa shape index (κ2) is 14.9. The molecule has 2 aromatic heterocycles. The molecule has 0 saturated carbocycles. The van der Waals surface area contributed by atoms with E-state index in [0.717, 1.165) is 22.7 Å². The highest BCUT2D eigenvalue weighted by Crippen LogP contribution is 2.50. The SMILES string of the molecule is CC(C)(C)c1cc(-c2cccc3cccc(-c4ccccc4N(c4ccc5c6ccccc6n(-c6ccccc6)c5c4)c4cccc5c4sc4ccccc45)c23)cc(C(C)(C)C)c1. The van der Waals surface area contributed by atoms with Gasteiger partial charge in [-0.25, -0.2) is 0 Å². The molecule has 0 bridgehead atoms. The Kier molecular flexibility index (Phi) is 9.19. The zero-order chi connectivity index (χ0) is 43.0. The zero-order valence-corrected chi connectivity index (χ0v) is 37.6. The summed E-state index contributed by atoms with van der Waals surface area (Å²) in [6, 6.07) is 72.3. The number of rotatable bonds is 6. The van der Waals surface area contributed by atoms with Crippen LogP contribution >= 0.6 is 11.3 Å². The number of nitrogens with zero attached hydrogens (tertiary/aromatic N) is 2. The molecule has 306 valence electrons. The quantitative estimate of drug-likeness (QED) is 0.162. The number of fused-ring (bicyclic) bond motifs is 7. The van der Waals surface area contributed by atoms with E-state index in [1.165, 1.54) is 86.1 Å². The van der Waals surface area contributed by atoms with E-state index < -0.39 is 0 Å². The monoisotopic (exact) mass is 830 g/mol. The Hall–Kier alpha value is -6.94. The number of aromatic nitrogens is 1. The average molecular weight is 831 g/mol. The molecule has 3 heteroatoms. The van der Waals surface area contributed by atoms with Gasteiger partial charge >= 0.3 is 0 Å². The van der Waals surface area contributed by atoms with Crippen LogP contribution in [0.25, 0.3) is 80.7 Å². The van der Waals surface area contributed by atoms with Gasteiger partial charge in [0.25, 0.3) is 0 Å². The fourth-order valence-electron chi connectivity index (χ4n) is 9.62. The van der Waals surface area contributed by atoms with Crippen molar-refractivity contribution in [2.75, 3.05) is 4.90 Å². The van der Waals surface area contributed by atoms with Crippen LogP contribution in [0.1, 0.15) is 52.7 Å².